The number of urea groups is 1. The molecule has 0 radical (unpaired) electrons. The van der Waals surface area contributed by atoms with Crippen LogP contribution < -0.4 is 16.0 Å². The van der Waals surface area contributed by atoms with Crippen LogP contribution in [0.25, 0.3) is 22.5 Å². The number of aromatic amines is 1. The van der Waals surface area contributed by atoms with E-state index < -0.39 is 11.8 Å². The fourth-order valence-corrected chi connectivity index (χ4v) is 4.05. The number of H-pyrrole nitrogens is 1. The zero-order valence-electron chi connectivity index (χ0n) is 18.3. The molecule has 0 spiro atoms. The summed E-state index contributed by atoms with van der Waals surface area (Å²) < 4.78 is 15.1. The Labute approximate surface area is 194 Å². The Kier molecular flexibility index (Phi) is 5.51. The zero-order chi connectivity index (χ0) is 23.7. The third-order valence-corrected chi connectivity index (χ3v) is 5.65. The number of rotatable bonds is 5. The molecule has 4 N–H and O–H groups in total. The normalized spacial score (nSPS) is 12.2. The van der Waals surface area contributed by atoms with Crippen LogP contribution in [0.2, 0.25) is 0 Å². The summed E-state index contributed by atoms with van der Waals surface area (Å²) in [6, 6.07) is 12.8. The number of hydrogen-bond donors (Lipinski definition) is 4. The number of nitrogens with zero attached hydrogens (tertiary/aromatic N) is 2. The molecule has 2 aromatic carbocycles. The SMILES string of the molecule is CCc1cccc(NC(=O)Nc2ccc(-c3ccc(-c4ncc[nH]4)c4c3CNC4=O)c(F)c2)n1. The van der Waals surface area contributed by atoms with E-state index in [1.807, 2.05) is 19.1 Å². The Morgan fingerprint density at radius 3 is 2.68 bits per heavy atom. The highest BCUT2D eigenvalue weighted by atomic mass is 19.1. The van der Waals surface area contributed by atoms with Crippen molar-refractivity contribution in [2.75, 3.05) is 10.6 Å². The van der Waals surface area contributed by atoms with E-state index in [4.69, 9.17) is 0 Å². The second-order valence-electron chi connectivity index (χ2n) is 7.78. The number of hydrogen-bond acceptors (Lipinski definition) is 4. The highest BCUT2D eigenvalue weighted by molar-refractivity contribution is 6.06. The predicted molar refractivity (Wildman–Crippen MR) is 127 cm³/mol. The molecule has 5 rings (SSSR count). The van der Waals surface area contributed by atoms with Crippen LogP contribution in [0.15, 0.2) is 60.9 Å². The number of imidazole rings is 1. The quantitative estimate of drug-likeness (QED) is 0.348. The molecule has 0 bridgehead atoms. The Bertz CT molecular complexity index is 1400. The van der Waals surface area contributed by atoms with Crippen molar-refractivity contribution < 1.29 is 14.0 Å². The molecule has 0 unspecified atom stereocenters. The molecule has 0 atom stereocenters. The molecular weight excluding hydrogens is 435 g/mol. The Morgan fingerprint density at radius 1 is 1.09 bits per heavy atom. The lowest BCUT2D eigenvalue weighted by Gasteiger charge is -2.13. The first kappa shape index (κ1) is 21.3. The molecule has 3 amide bonds. The molecular formula is C25H21FN6O2. The highest BCUT2D eigenvalue weighted by Gasteiger charge is 2.28. The maximum Gasteiger partial charge on any atom is 0.324 e. The van der Waals surface area contributed by atoms with Gasteiger partial charge in [0.1, 0.15) is 17.5 Å². The van der Waals surface area contributed by atoms with E-state index in [1.54, 1.807) is 42.7 Å². The van der Waals surface area contributed by atoms with Gasteiger partial charge in [0, 0.05) is 41.4 Å². The van der Waals surface area contributed by atoms with Gasteiger partial charge in [0.15, 0.2) is 0 Å². The van der Waals surface area contributed by atoms with Gasteiger partial charge >= 0.3 is 6.03 Å². The fraction of sp³-hybridized carbons (Fsp3) is 0.120. The third kappa shape index (κ3) is 3.99. The molecule has 170 valence electrons. The number of halogens is 1. The highest BCUT2D eigenvalue weighted by Crippen LogP contribution is 2.36. The van der Waals surface area contributed by atoms with E-state index >= 15 is 4.39 Å². The topological polar surface area (TPSA) is 112 Å². The van der Waals surface area contributed by atoms with Crippen molar-refractivity contribution in [3.05, 3.63) is 83.6 Å². The summed E-state index contributed by atoms with van der Waals surface area (Å²) in [6.07, 6.45) is 4.04. The van der Waals surface area contributed by atoms with Crippen LogP contribution in [0.1, 0.15) is 28.5 Å². The predicted octanol–water partition coefficient (Wildman–Crippen LogP) is 4.73. The van der Waals surface area contributed by atoms with Crippen LogP contribution >= 0.6 is 0 Å². The number of aryl methyl sites for hydroxylation is 1. The molecule has 1 aliphatic heterocycles. The minimum Gasteiger partial charge on any atom is -0.348 e. The standard InChI is InChI=1S/C25H21FN6O2/c1-2-14-4-3-5-21(30-14)32-25(34)31-15-6-7-17(20(26)12-15)16-8-9-18(23-27-10-11-28-23)22-19(16)13-29-24(22)33/h3-12H,2,13H2,1H3,(H,27,28)(H,29,33)(H2,30,31,32,34). The van der Waals surface area contributed by atoms with Gasteiger partial charge in [0.05, 0.1) is 5.56 Å². The molecule has 1 aliphatic rings. The van der Waals surface area contributed by atoms with Crippen molar-refractivity contribution in [1.29, 1.82) is 0 Å². The molecule has 0 saturated carbocycles. The summed E-state index contributed by atoms with van der Waals surface area (Å²) in [7, 11) is 0. The lowest BCUT2D eigenvalue weighted by molar-refractivity contribution is 0.0966. The zero-order valence-corrected chi connectivity index (χ0v) is 18.3. The number of amides is 3. The fourth-order valence-electron chi connectivity index (χ4n) is 4.05. The van der Waals surface area contributed by atoms with Gasteiger partial charge in [-0.25, -0.2) is 19.2 Å². The second-order valence-corrected chi connectivity index (χ2v) is 7.78. The lowest BCUT2D eigenvalue weighted by Crippen LogP contribution is -2.20. The van der Waals surface area contributed by atoms with E-state index in [9.17, 15) is 9.59 Å². The first-order chi connectivity index (χ1) is 16.5. The number of fused-ring (bicyclic) bond motifs is 1. The molecule has 3 heterocycles. The van der Waals surface area contributed by atoms with Crippen molar-refractivity contribution in [3.63, 3.8) is 0 Å². The van der Waals surface area contributed by atoms with Crippen LogP contribution in [0.4, 0.5) is 20.7 Å². The van der Waals surface area contributed by atoms with Gasteiger partial charge in [-0.05, 0) is 53.9 Å². The van der Waals surface area contributed by atoms with Gasteiger partial charge in [-0.1, -0.05) is 19.1 Å². The van der Waals surface area contributed by atoms with Gasteiger partial charge in [-0.15, -0.1) is 0 Å². The van der Waals surface area contributed by atoms with Crippen molar-refractivity contribution in [3.8, 4) is 22.5 Å². The summed E-state index contributed by atoms with van der Waals surface area (Å²) in [5.41, 5.74) is 3.94. The average molecular weight is 456 g/mol. The summed E-state index contributed by atoms with van der Waals surface area (Å²) in [5, 5.41) is 8.09. The summed E-state index contributed by atoms with van der Waals surface area (Å²) in [6.45, 7) is 2.27. The number of carbonyl (C=O) groups excluding carboxylic acids is 2. The van der Waals surface area contributed by atoms with Gasteiger partial charge in [0.25, 0.3) is 5.91 Å². The molecule has 0 saturated heterocycles. The van der Waals surface area contributed by atoms with Gasteiger partial charge in [-0.3, -0.25) is 10.1 Å². The summed E-state index contributed by atoms with van der Waals surface area (Å²) in [5.74, 6) is 0.249. The van der Waals surface area contributed by atoms with Crippen LogP contribution in [0.3, 0.4) is 0 Å². The third-order valence-electron chi connectivity index (χ3n) is 5.65. The van der Waals surface area contributed by atoms with E-state index in [0.717, 1.165) is 12.1 Å². The largest absolute Gasteiger partial charge is 0.348 e. The monoisotopic (exact) mass is 456 g/mol. The van der Waals surface area contributed by atoms with Gasteiger partial charge in [-0.2, -0.15) is 0 Å². The number of nitrogens with one attached hydrogen (secondary N) is 4. The summed E-state index contributed by atoms with van der Waals surface area (Å²) in [4.78, 5) is 36.4. The molecule has 0 fully saturated rings. The molecule has 34 heavy (non-hydrogen) atoms. The Hall–Kier alpha value is -4.53. The van der Waals surface area contributed by atoms with Crippen molar-refractivity contribution in [2.24, 2.45) is 0 Å². The minimum atomic E-state index is -0.522. The van der Waals surface area contributed by atoms with Crippen LogP contribution in [-0.2, 0) is 13.0 Å². The van der Waals surface area contributed by atoms with E-state index in [2.05, 4.69) is 30.9 Å². The molecule has 0 aliphatic carbocycles. The number of carbonyl (C=O) groups is 2. The van der Waals surface area contributed by atoms with E-state index in [-0.39, 0.29) is 5.91 Å². The van der Waals surface area contributed by atoms with Crippen molar-refractivity contribution >= 4 is 23.4 Å². The second kappa shape index (κ2) is 8.78. The molecule has 4 aromatic rings. The number of benzene rings is 2. The minimum absolute atomic E-state index is 0.223. The Morgan fingerprint density at radius 2 is 1.91 bits per heavy atom. The van der Waals surface area contributed by atoms with Gasteiger partial charge < -0.3 is 15.6 Å². The number of anilines is 2. The first-order valence-corrected chi connectivity index (χ1v) is 10.8. The molecule has 2 aromatic heterocycles. The molecule has 9 heteroatoms. The average Bonchev–Trinajstić information content (AvgIpc) is 3.50. The number of aromatic nitrogens is 3. The molecule has 8 nitrogen and oxygen atoms in total. The van der Waals surface area contributed by atoms with Gasteiger partial charge in [0.2, 0.25) is 0 Å². The van der Waals surface area contributed by atoms with Crippen LogP contribution in [0.5, 0.6) is 0 Å². The van der Waals surface area contributed by atoms with Crippen molar-refractivity contribution in [1.82, 2.24) is 20.3 Å². The smallest absolute Gasteiger partial charge is 0.324 e. The number of pyridine rings is 1. The first-order valence-electron chi connectivity index (χ1n) is 10.8. The maximum atomic E-state index is 15.1. The Balaban J connectivity index is 1.40. The van der Waals surface area contributed by atoms with Crippen LogP contribution in [-0.4, -0.2) is 26.9 Å². The van der Waals surface area contributed by atoms with Crippen molar-refractivity contribution in [2.45, 2.75) is 19.9 Å². The van der Waals surface area contributed by atoms with E-state index in [0.29, 0.717) is 51.7 Å². The van der Waals surface area contributed by atoms with Crippen LogP contribution in [0, 0.1) is 5.82 Å². The summed E-state index contributed by atoms with van der Waals surface area (Å²) >= 11 is 0. The maximum absolute atomic E-state index is 15.1. The lowest BCUT2D eigenvalue weighted by atomic mass is 9.92. The van der Waals surface area contributed by atoms with E-state index in [1.165, 1.54) is 6.07 Å².